The van der Waals surface area contributed by atoms with Crippen LogP contribution in [0.15, 0.2) is 87.7 Å². The monoisotopic (exact) mass is 427 g/mol. The molecule has 0 saturated heterocycles. The van der Waals surface area contributed by atoms with Crippen molar-refractivity contribution in [1.82, 2.24) is 14.6 Å². The number of rotatable bonds is 7. The van der Waals surface area contributed by atoms with Crippen LogP contribution in [0.3, 0.4) is 0 Å². The van der Waals surface area contributed by atoms with Crippen molar-refractivity contribution in [2.45, 2.75) is 21.4 Å². The van der Waals surface area contributed by atoms with Crippen molar-refractivity contribution >= 4 is 27.7 Å². The Bertz CT molecular complexity index is 1100. The summed E-state index contributed by atoms with van der Waals surface area (Å²) in [6.45, 7) is 0.0897. The Morgan fingerprint density at radius 2 is 1.69 bits per heavy atom. The van der Waals surface area contributed by atoms with Gasteiger partial charge in [0.2, 0.25) is 10.0 Å². The summed E-state index contributed by atoms with van der Waals surface area (Å²) >= 11 is 1.40. The minimum atomic E-state index is -3.60. The Balaban J connectivity index is 1.80. The van der Waals surface area contributed by atoms with E-state index in [9.17, 15) is 13.2 Å². The highest BCUT2D eigenvalue weighted by molar-refractivity contribution is 7.99. The van der Waals surface area contributed by atoms with Crippen molar-refractivity contribution < 1.29 is 13.2 Å². The standard InChI is InChI=1S/C21H21N3O3S2/c1-24(2)29(26,27)19-13-7-6-9-16(19)15-23-20(25)18-12-8-14-22-21(18)28-17-10-4-3-5-11-17/h3-14H,15H2,1-2H3,(H,23,25). The number of hydrogen-bond donors (Lipinski definition) is 1. The lowest BCUT2D eigenvalue weighted by atomic mass is 10.2. The minimum Gasteiger partial charge on any atom is -0.348 e. The maximum absolute atomic E-state index is 12.8. The van der Waals surface area contributed by atoms with Crippen molar-refractivity contribution in [1.29, 1.82) is 0 Å². The van der Waals surface area contributed by atoms with Gasteiger partial charge >= 0.3 is 0 Å². The van der Waals surface area contributed by atoms with Gasteiger partial charge < -0.3 is 5.32 Å². The van der Waals surface area contributed by atoms with Crippen molar-refractivity contribution in [3.8, 4) is 0 Å². The van der Waals surface area contributed by atoms with Crippen molar-refractivity contribution in [3.05, 3.63) is 84.1 Å². The molecule has 2 aromatic carbocycles. The fourth-order valence-corrected chi connectivity index (χ4v) is 4.63. The van der Waals surface area contributed by atoms with Gasteiger partial charge in [-0.05, 0) is 35.9 Å². The number of nitrogens with zero attached hydrogens (tertiary/aromatic N) is 2. The molecule has 29 heavy (non-hydrogen) atoms. The third-order valence-corrected chi connectivity index (χ3v) is 7.09. The molecule has 0 radical (unpaired) electrons. The second-order valence-electron chi connectivity index (χ2n) is 6.35. The van der Waals surface area contributed by atoms with Crippen LogP contribution in [-0.2, 0) is 16.6 Å². The molecule has 1 amide bonds. The summed E-state index contributed by atoms with van der Waals surface area (Å²) in [4.78, 5) is 18.3. The van der Waals surface area contributed by atoms with E-state index < -0.39 is 10.0 Å². The third kappa shape index (κ3) is 5.03. The molecule has 0 unspecified atom stereocenters. The van der Waals surface area contributed by atoms with Gasteiger partial charge in [0, 0.05) is 31.7 Å². The van der Waals surface area contributed by atoms with E-state index in [1.165, 1.54) is 31.9 Å². The molecular weight excluding hydrogens is 406 g/mol. The van der Waals surface area contributed by atoms with Gasteiger partial charge in [-0.25, -0.2) is 17.7 Å². The predicted octanol–water partition coefficient (Wildman–Crippen LogP) is 3.41. The molecule has 6 nitrogen and oxygen atoms in total. The summed E-state index contributed by atoms with van der Waals surface area (Å²) in [5.74, 6) is -0.311. The lowest BCUT2D eigenvalue weighted by Gasteiger charge is -2.15. The van der Waals surface area contributed by atoms with Gasteiger partial charge in [0.05, 0.1) is 10.5 Å². The predicted molar refractivity (Wildman–Crippen MR) is 113 cm³/mol. The molecule has 0 aliphatic heterocycles. The summed E-state index contributed by atoms with van der Waals surface area (Å²) in [5, 5.41) is 3.41. The molecule has 1 aromatic heterocycles. The van der Waals surface area contributed by atoms with E-state index in [0.717, 1.165) is 9.20 Å². The topological polar surface area (TPSA) is 79.4 Å². The van der Waals surface area contributed by atoms with Crippen molar-refractivity contribution in [2.75, 3.05) is 14.1 Å². The van der Waals surface area contributed by atoms with Crippen molar-refractivity contribution in [3.63, 3.8) is 0 Å². The first-order chi connectivity index (χ1) is 13.9. The first-order valence-corrected chi connectivity index (χ1v) is 11.1. The Morgan fingerprint density at radius 3 is 2.41 bits per heavy atom. The van der Waals surface area contributed by atoms with Gasteiger partial charge in [-0.1, -0.05) is 48.2 Å². The lowest BCUT2D eigenvalue weighted by Crippen LogP contribution is -2.27. The smallest absolute Gasteiger partial charge is 0.254 e. The molecule has 1 heterocycles. The summed E-state index contributed by atoms with van der Waals surface area (Å²) in [7, 11) is -0.644. The number of aromatic nitrogens is 1. The highest BCUT2D eigenvalue weighted by Crippen LogP contribution is 2.28. The number of benzene rings is 2. The molecule has 0 atom stereocenters. The van der Waals surface area contributed by atoms with Crippen LogP contribution in [0.5, 0.6) is 0 Å². The number of sulfonamides is 1. The van der Waals surface area contributed by atoms with Crippen LogP contribution in [0.2, 0.25) is 0 Å². The summed E-state index contributed by atoms with van der Waals surface area (Å²) in [5.41, 5.74) is 0.963. The Kier molecular flexibility index (Phi) is 6.68. The van der Waals surface area contributed by atoms with Gasteiger partial charge in [-0.3, -0.25) is 4.79 Å². The van der Waals surface area contributed by atoms with Crippen molar-refractivity contribution in [2.24, 2.45) is 0 Å². The van der Waals surface area contributed by atoms with Crippen LogP contribution in [0.25, 0.3) is 0 Å². The molecule has 0 aliphatic carbocycles. The molecule has 0 fully saturated rings. The van der Waals surface area contributed by atoms with Gasteiger partial charge in [-0.15, -0.1) is 0 Å². The van der Waals surface area contributed by atoms with Crippen LogP contribution < -0.4 is 5.32 Å². The van der Waals surface area contributed by atoms with E-state index in [2.05, 4.69) is 10.3 Å². The van der Waals surface area contributed by atoms with Gasteiger partial charge in [0.1, 0.15) is 5.03 Å². The van der Waals surface area contributed by atoms with Gasteiger partial charge in [-0.2, -0.15) is 0 Å². The molecular formula is C21H21N3O3S2. The molecule has 1 N–H and O–H groups in total. The zero-order chi connectivity index (χ0) is 20.9. The molecule has 0 spiro atoms. The summed E-state index contributed by atoms with van der Waals surface area (Å²) < 4.78 is 26.2. The zero-order valence-corrected chi connectivity index (χ0v) is 17.7. The SMILES string of the molecule is CN(C)S(=O)(=O)c1ccccc1CNC(=O)c1cccnc1Sc1ccccc1. The van der Waals surface area contributed by atoms with Crippen LogP contribution in [0.1, 0.15) is 15.9 Å². The third-order valence-electron chi connectivity index (χ3n) is 4.14. The molecule has 3 aromatic rings. The first-order valence-electron chi connectivity index (χ1n) is 8.86. The van der Waals surface area contributed by atoms with E-state index in [-0.39, 0.29) is 17.3 Å². The molecule has 8 heteroatoms. The molecule has 0 saturated carbocycles. The number of carbonyl (C=O) groups excluding carboxylic acids is 1. The second-order valence-corrected chi connectivity index (χ2v) is 9.53. The Morgan fingerprint density at radius 1 is 1.00 bits per heavy atom. The maximum Gasteiger partial charge on any atom is 0.254 e. The van der Waals surface area contributed by atoms with Gasteiger partial charge in [0.25, 0.3) is 5.91 Å². The highest BCUT2D eigenvalue weighted by atomic mass is 32.2. The quantitative estimate of drug-likeness (QED) is 0.625. The molecule has 0 bridgehead atoms. The highest BCUT2D eigenvalue weighted by Gasteiger charge is 2.21. The largest absolute Gasteiger partial charge is 0.348 e. The Hall–Kier alpha value is -2.68. The normalized spacial score (nSPS) is 11.4. The first kappa shape index (κ1) is 21.0. The average molecular weight is 428 g/mol. The van der Waals surface area contributed by atoms with E-state index in [1.807, 2.05) is 30.3 Å². The van der Waals surface area contributed by atoms with Crippen LogP contribution in [0, 0.1) is 0 Å². The number of amides is 1. The van der Waals surface area contributed by atoms with E-state index >= 15 is 0 Å². The zero-order valence-electron chi connectivity index (χ0n) is 16.1. The van der Waals surface area contributed by atoms with E-state index in [1.54, 1.807) is 36.5 Å². The van der Waals surface area contributed by atoms with Gasteiger partial charge in [0.15, 0.2) is 0 Å². The fraction of sp³-hybridized carbons (Fsp3) is 0.143. The number of nitrogens with one attached hydrogen (secondary N) is 1. The van der Waals surface area contributed by atoms with Crippen LogP contribution in [0.4, 0.5) is 0 Å². The van der Waals surface area contributed by atoms with Crippen LogP contribution >= 0.6 is 11.8 Å². The number of pyridine rings is 1. The molecule has 3 rings (SSSR count). The van der Waals surface area contributed by atoms with Crippen LogP contribution in [-0.4, -0.2) is 37.7 Å². The average Bonchev–Trinajstić information content (AvgIpc) is 2.73. The summed E-state index contributed by atoms with van der Waals surface area (Å²) in [6, 6.07) is 19.7. The molecule has 150 valence electrons. The molecule has 0 aliphatic rings. The number of hydrogen-bond acceptors (Lipinski definition) is 5. The second kappa shape index (κ2) is 9.21. The van der Waals surface area contributed by atoms with E-state index in [0.29, 0.717) is 16.2 Å². The fourth-order valence-electron chi connectivity index (χ4n) is 2.61. The number of carbonyl (C=O) groups is 1. The minimum absolute atomic E-state index is 0.0897. The lowest BCUT2D eigenvalue weighted by molar-refractivity contribution is 0.0947. The Labute approximate surface area is 175 Å². The summed E-state index contributed by atoms with van der Waals surface area (Å²) in [6.07, 6.45) is 1.64. The van der Waals surface area contributed by atoms with E-state index in [4.69, 9.17) is 0 Å². The maximum atomic E-state index is 12.8.